The van der Waals surface area contributed by atoms with Gasteiger partial charge in [0.2, 0.25) is 0 Å². The van der Waals surface area contributed by atoms with Crippen LogP contribution in [0.15, 0.2) is 0 Å². The molecule has 1 aliphatic carbocycles. The molecule has 0 aliphatic heterocycles. The Labute approximate surface area is 104 Å². The summed E-state index contributed by atoms with van der Waals surface area (Å²) in [7, 11) is 0. The van der Waals surface area contributed by atoms with Crippen LogP contribution in [0.2, 0.25) is 0 Å². The fraction of sp³-hybridized carbons (Fsp3) is 0.923. The van der Waals surface area contributed by atoms with E-state index in [4.69, 9.17) is 0 Å². The molecule has 0 aromatic rings. The van der Waals surface area contributed by atoms with Crippen molar-refractivity contribution >= 4 is 6.09 Å². The predicted octanol–water partition coefficient (Wildman–Crippen LogP) is 2.71. The summed E-state index contributed by atoms with van der Waals surface area (Å²) in [5, 5.41) is 19.1. The van der Waals surface area contributed by atoms with Crippen LogP contribution in [0, 0.1) is 5.92 Å². The zero-order chi connectivity index (χ0) is 13.3. The summed E-state index contributed by atoms with van der Waals surface area (Å²) in [6.45, 7) is 8.19. The van der Waals surface area contributed by atoms with Crippen LogP contribution >= 0.6 is 0 Å². The van der Waals surface area contributed by atoms with E-state index in [9.17, 15) is 15.0 Å². The van der Waals surface area contributed by atoms with E-state index in [2.05, 4.69) is 0 Å². The average molecular weight is 243 g/mol. The molecule has 0 atom stereocenters. The highest BCUT2D eigenvalue weighted by Crippen LogP contribution is 2.33. The Kier molecular flexibility index (Phi) is 4.07. The van der Waals surface area contributed by atoms with E-state index in [0.717, 1.165) is 25.7 Å². The topological polar surface area (TPSA) is 60.8 Å². The van der Waals surface area contributed by atoms with Crippen LogP contribution in [0.3, 0.4) is 0 Å². The maximum absolute atomic E-state index is 11.2. The number of amides is 1. The molecule has 0 unspecified atom stereocenters. The molecule has 4 heteroatoms. The van der Waals surface area contributed by atoms with Crippen molar-refractivity contribution in [3.05, 3.63) is 0 Å². The summed E-state index contributed by atoms with van der Waals surface area (Å²) < 4.78 is 0. The zero-order valence-corrected chi connectivity index (χ0v) is 11.4. The lowest BCUT2D eigenvalue weighted by Crippen LogP contribution is -2.48. The van der Waals surface area contributed by atoms with Crippen molar-refractivity contribution in [3.8, 4) is 0 Å². The second kappa shape index (κ2) is 4.84. The van der Waals surface area contributed by atoms with Gasteiger partial charge in [-0.1, -0.05) is 0 Å². The molecule has 1 saturated carbocycles. The van der Waals surface area contributed by atoms with Gasteiger partial charge in [0.05, 0.1) is 5.60 Å². The monoisotopic (exact) mass is 243 g/mol. The number of aliphatic hydroxyl groups is 1. The molecule has 0 radical (unpaired) electrons. The average Bonchev–Trinajstić information content (AvgIpc) is 2.13. The molecule has 2 N–H and O–H groups in total. The van der Waals surface area contributed by atoms with Crippen molar-refractivity contribution < 1.29 is 15.0 Å². The van der Waals surface area contributed by atoms with E-state index in [1.165, 1.54) is 4.90 Å². The first-order valence-corrected chi connectivity index (χ1v) is 6.35. The first kappa shape index (κ1) is 14.3. The molecule has 1 rings (SSSR count). The van der Waals surface area contributed by atoms with E-state index in [1.807, 2.05) is 27.7 Å². The molecule has 1 fully saturated rings. The van der Waals surface area contributed by atoms with Crippen molar-refractivity contribution in [3.63, 3.8) is 0 Å². The number of nitrogens with zero attached hydrogens (tertiary/aromatic N) is 1. The van der Waals surface area contributed by atoms with E-state index in [1.54, 1.807) is 0 Å². The van der Waals surface area contributed by atoms with Gasteiger partial charge < -0.3 is 15.1 Å². The minimum atomic E-state index is -0.852. The third-order valence-electron chi connectivity index (χ3n) is 3.66. The minimum Gasteiger partial charge on any atom is -0.465 e. The lowest BCUT2D eigenvalue weighted by molar-refractivity contribution is -0.00103. The molecule has 0 aromatic carbocycles. The van der Waals surface area contributed by atoms with Gasteiger partial charge in [-0.15, -0.1) is 0 Å². The van der Waals surface area contributed by atoms with Gasteiger partial charge in [0, 0.05) is 12.1 Å². The molecule has 0 spiro atoms. The van der Waals surface area contributed by atoms with E-state index in [0.29, 0.717) is 12.5 Å². The smallest absolute Gasteiger partial charge is 0.407 e. The highest BCUT2D eigenvalue weighted by molar-refractivity contribution is 5.66. The van der Waals surface area contributed by atoms with Crippen molar-refractivity contribution in [1.29, 1.82) is 0 Å². The summed E-state index contributed by atoms with van der Waals surface area (Å²) in [4.78, 5) is 12.7. The Morgan fingerprint density at radius 1 is 1.35 bits per heavy atom. The largest absolute Gasteiger partial charge is 0.465 e. The maximum Gasteiger partial charge on any atom is 0.407 e. The minimum absolute atomic E-state index is 0.355. The fourth-order valence-corrected chi connectivity index (χ4v) is 2.38. The Bertz CT molecular complexity index is 271. The molecule has 100 valence electrons. The zero-order valence-electron chi connectivity index (χ0n) is 11.4. The molecule has 1 aliphatic rings. The molecule has 0 saturated heterocycles. The van der Waals surface area contributed by atoms with Crippen LogP contribution in [0.5, 0.6) is 0 Å². The number of hydrogen-bond acceptors (Lipinski definition) is 2. The van der Waals surface area contributed by atoms with Gasteiger partial charge in [-0.05, 0) is 59.3 Å². The van der Waals surface area contributed by atoms with Gasteiger partial charge in [0.15, 0.2) is 0 Å². The third kappa shape index (κ3) is 4.19. The summed E-state index contributed by atoms with van der Waals surface area (Å²) in [5.74, 6) is 0.380. The highest BCUT2D eigenvalue weighted by atomic mass is 16.4. The van der Waals surface area contributed by atoms with Crippen LogP contribution in [-0.2, 0) is 0 Å². The summed E-state index contributed by atoms with van der Waals surface area (Å²) >= 11 is 0. The SMILES string of the molecule is CC(C)(C)N(C[C@H]1CC[C@](C)(O)CC1)C(=O)O. The molecule has 0 bridgehead atoms. The first-order valence-electron chi connectivity index (χ1n) is 6.35. The van der Waals surface area contributed by atoms with Gasteiger partial charge in [-0.3, -0.25) is 0 Å². The lowest BCUT2D eigenvalue weighted by atomic mass is 9.79. The molecule has 0 heterocycles. The Balaban J connectivity index is 2.56. The fourth-order valence-electron chi connectivity index (χ4n) is 2.38. The van der Waals surface area contributed by atoms with Crippen LogP contribution in [-0.4, -0.2) is 38.9 Å². The molecule has 17 heavy (non-hydrogen) atoms. The second-order valence-corrected chi connectivity index (χ2v) is 6.50. The van der Waals surface area contributed by atoms with Gasteiger partial charge in [-0.2, -0.15) is 0 Å². The van der Waals surface area contributed by atoms with Crippen LogP contribution < -0.4 is 0 Å². The summed E-state index contributed by atoms with van der Waals surface area (Å²) in [6, 6.07) is 0. The number of hydrogen-bond donors (Lipinski definition) is 2. The van der Waals surface area contributed by atoms with Gasteiger partial charge >= 0.3 is 6.09 Å². The maximum atomic E-state index is 11.2. The number of carboxylic acid groups (broad SMARTS) is 1. The van der Waals surface area contributed by atoms with Gasteiger partial charge in [-0.25, -0.2) is 4.79 Å². The van der Waals surface area contributed by atoms with Crippen molar-refractivity contribution in [2.45, 2.75) is 64.5 Å². The first-order chi connectivity index (χ1) is 7.62. The predicted molar refractivity (Wildman–Crippen MR) is 67.1 cm³/mol. The van der Waals surface area contributed by atoms with Crippen LogP contribution in [0.25, 0.3) is 0 Å². The highest BCUT2D eigenvalue weighted by Gasteiger charge is 2.33. The number of carbonyl (C=O) groups is 1. The molecule has 1 amide bonds. The van der Waals surface area contributed by atoms with E-state index in [-0.39, 0.29) is 5.54 Å². The summed E-state index contributed by atoms with van der Waals surface area (Å²) in [5.41, 5.74) is -0.905. The summed E-state index contributed by atoms with van der Waals surface area (Å²) in [6.07, 6.45) is 2.51. The number of rotatable bonds is 2. The lowest BCUT2D eigenvalue weighted by Gasteiger charge is -2.39. The molecule has 4 nitrogen and oxygen atoms in total. The van der Waals surface area contributed by atoms with Crippen LogP contribution in [0.1, 0.15) is 53.4 Å². The van der Waals surface area contributed by atoms with Crippen molar-refractivity contribution in [2.75, 3.05) is 6.54 Å². The van der Waals surface area contributed by atoms with E-state index < -0.39 is 11.7 Å². The van der Waals surface area contributed by atoms with Gasteiger partial charge in [0.1, 0.15) is 0 Å². The molecular weight excluding hydrogens is 218 g/mol. The quantitative estimate of drug-likeness (QED) is 0.784. The van der Waals surface area contributed by atoms with Crippen LogP contribution in [0.4, 0.5) is 4.79 Å². The Hall–Kier alpha value is -0.770. The molecule has 0 aromatic heterocycles. The van der Waals surface area contributed by atoms with E-state index >= 15 is 0 Å². The van der Waals surface area contributed by atoms with Gasteiger partial charge in [0.25, 0.3) is 0 Å². The normalized spacial score (nSPS) is 30.1. The Morgan fingerprint density at radius 3 is 2.18 bits per heavy atom. The standard InChI is InChI=1S/C13H25NO3/c1-12(2,3)14(11(15)16)9-10-5-7-13(4,17)8-6-10/h10,17H,5-9H2,1-4H3,(H,15,16)/t10-,13-. The molecular formula is C13H25NO3. The van der Waals surface area contributed by atoms with Crippen molar-refractivity contribution in [2.24, 2.45) is 5.92 Å². The third-order valence-corrected chi connectivity index (χ3v) is 3.66. The van der Waals surface area contributed by atoms with Crippen molar-refractivity contribution in [1.82, 2.24) is 4.90 Å². The Morgan fingerprint density at radius 2 is 1.82 bits per heavy atom. The second-order valence-electron chi connectivity index (χ2n) is 6.50.